The van der Waals surface area contributed by atoms with Crippen molar-refractivity contribution in [3.63, 3.8) is 0 Å². The Labute approximate surface area is 129 Å². The number of carbonyl (C=O) groups excluding carboxylic acids is 2. The summed E-state index contributed by atoms with van der Waals surface area (Å²) in [5, 5.41) is 2.74. The van der Waals surface area contributed by atoms with Crippen LogP contribution in [0.5, 0.6) is 0 Å². The zero-order valence-corrected chi connectivity index (χ0v) is 13.2. The quantitative estimate of drug-likeness (QED) is 0.852. The summed E-state index contributed by atoms with van der Waals surface area (Å²) in [5.74, 6) is -0.737. The number of esters is 1. The predicted octanol–water partition coefficient (Wildman–Crippen LogP) is 3.53. The Morgan fingerprint density at radius 2 is 1.77 bits per heavy atom. The number of aryl methyl sites for hydroxylation is 1. The molecule has 0 spiro atoms. The van der Waals surface area contributed by atoms with Gasteiger partial charge >= 0.3 is 5.97 Å². The number of aromatic nitrogens is 1. The van der Waals surface area contributed by atoms with Crippen LogP contribution in [0.15, 0.2) is 36.5 Å². The number of hydrogen-bond donors (Lipinski definition) is 2. The maximum Gasteiger partial charge on any atom is 0.342 e. The summed E-state index contributed by atoms with van der Waals surface area (Å²) < 4.78 is 5.38. The fraction of sp³-hybridized carbons (Fsp3) is 0.294. The van der Waals surface area contributed by atoms with Gasteiger partial charge in [0.2, 0.25) is 0 Å². The van der Waals surface area contributed by atoms with Gasteiger partial charge in [-0.1, -0.05) is 18.2 Å². The number of hydrogen-bond acceptors (Lipinski definition) is 3. The first kappa shape index (κ1) is 15.8. The van der Waals surface area contributed by atoms with Gasteiger partial charge in [0.1, 0.15) is 11.2 Å². The largest absolute Gasteiger partial charge is 0.456 e. The number of benzene rings is 1. The standard InChI is InChI=1S/C17H20N2O3/c1-11-14(16(21)22-17(2,3)4)13(10-18-11)19-15(20)12-8-6-5-7-9-12/h5-10,18H,1-4H3,(H,19,20). The highest BCUT2D eigenvalue weighted by Gasteiger charge is 2.24. The van der Waals surface area contributed by atoms with E-state index in [1.54, 1.807) is 58.2 Å². The van der Waals surface area contributed by atoms with E-state index in [2.05, 4.69) is 10.3 Å². The number of rotatable bonds is 3. The molecule has 2 rings (SSSR count). The molecule has 0 bridgehead atoms. The Balaban J connectivity index is 2.23. The minimum Gasteiger partial charge on any atom is -0.456 e. The minimum absolute atomic E-state index is 0.274. The molecule has 0 atom stereocenters. The zero-order chi connectivity index (χ0) is 16.3. The van der Waals surface area contributed by atoms with Crippen LogP contribution in [0, 0.1) is 6.92 Å². The van der Waals surface area contributed by atoms with Crippen molar-refractivity contribution in [2.75, 3.05) is 5.32 Å². The van der Waals surface area contributed by atoms with Crippen molar-refractivity contribution >= 4 is 17.6 Å². The van der Waals surface area contributed by atoms with Gasteiger partial charge in [0, 0.05) is 17.5 Å². The van der Waals surface area contributed by atoms with Gasteiger partial charge in [-0.05, 0) is 39.8 Å². The molecule has 1 amide bonds. The second kappa shape index (κ2) is 6.05. The third-order valence-electron chi connectivity index (χ3n) is 2.96. The molecule has 0 unspecified atom stereocenters. The van der Waals surface area contributed by atoms with Gasteiger partial charge in [0.25, 0.3) is 5.91 Å². The van der Waals surface area contributed by atoms with Crippen LogP contribution in [-0.2, 0) is 4.74 Å². The highest BCUT2D eigenvalue weighted by molar-refractivity contribution is 6.08. The van der Waals surface area contributed by atoms with Crippen LogP contribution in [0.4, 0.5) is 5.69 Å². The Morgan fingerprint density at radius 1 is 1.14 bits per heavy atom. The molecule has 5 heteroatoms. The molecule has 116 valence electrons. The fourth-order valence-corrected chi connectivity index (χ4v) is 2.00. The first-order valence-corrected chi connectivity index (χ1v) is 7.05. The molecule has 22 heavy (non-hydrogen) atoms. The van der Waals surface area contributed by atoms with Crippen molar-refractivity contribution in [1.29, 1.82) is 0 Å². The van der Waals surface area contributed by atoms with Crippen LogP contribution in [-0.4, -0.2) is 22.5 Å². The molecule has 1 aromatic heterocycles. The number of anilines is 1. The molecule has 0 aliphatic heterocycles. The van der Waals surface area contributed by atoms with E-state index in [4.69, 9.17) is 4.74 Å². The van der Waals surface area contributed by atoms with E-state index in [9.17, 15) is 9.59 Å². The van der Waals surface area contributed by atoms with Crippen LogP contribution in [0.25, 0.3) is 0 Å². The number of amides is 1. The maximum absolute atomic E-state index is 12.3. The fourth-order valence-electron chi connectivity index (χ4n) is 2.00. The van der Waals surface area contributed by atoms with Gasteiger partial charge in [-0.2, -0.15) is 0 Å². The molecular weight excluding hydrogens is 280 g/mol. The first-order chi connectivity index (χ1) is 10.3. The van der Waals surface area contributed by atoms with E-state index in [1.165, 1.54) is 0 Å². The first-order valence-electron chi connectivity index (χ1n) is 7.05. The summed E-state index contributed by atoms with van der Waals surface area (Å²) in [6, 6.07) is 8.82. The van der Waals surface area contributed by atoms with Crippen LogP contribution >= 0.6 is 0 Å². The summed E-state index contributed by atoms with van der Waals surface area (Å²) in [6.45, 7) is 7.16. The van der Waals surface area contributed by atoms with E-state index in [-0.39, 0.29) is 5.91 Å². The molecule has 0 aliphatic rings. The topological polar surface area (TPSA) is 71.2 Å². The molecule has 5 nitrogen and oxygen atoms in total. The molecule has 0 radical (unpaired) electrons. The second-order valence-corrected chi connectivity index (χ2v) is 6.02. The highest BCUT2D eigenvalue weighted by atomic mass is 16.6. The summed E-state index contributed by atoms with van der Waals surface area (Å²) in [6.07, 6.45) is 1.59. The van der Waals surface area contributed by atoms with Crippen LogP contribution < -0.4 is 5.32 Å². The number of aromatic amines is 1. The van der Waals surface area contributed by atoms with E-state index in [0.717, 1.165) is 0 Å². The molecule has 0 saturated heterocycles. The SMILES string of the molecule is Cc1[nH]cc(NC(=O)c2ccccc2)c1C(=O)OC(C)(C)C. The third-order valence-corrected chi connectivity index (χ3v) is 2.96. The lowest BCUT2D eigenvalue weighted by Gasteiger charge is -2.20. The molecular formula is C17H20N2O3. The number of carbonyl (C=O) groups is 2. The summed E-state index contributed by atoms with van der Waals surface area (Å²) in [7, 11) is 0. The Hall–Kier alpha value is -2.56. The van der Waals surface area contributed by atoms with Gasteiger partial charge in [-0.15, -0.1) is 0 Å². The van der Waals surface area contributed by atoms with Gasteiger partial charge in [-0.25, -0.2) is 4.79 Å². The van der Waals surface area contributed by atoms with Crippen molar-refractivity contribution in [3.8, 4) is 0 Å². The Morgan fingerprint density at radius 3 is 2.36 bits per heavy atom. The summed E-state index contributed by atoms with van der Waals surface area (Å²) in [4.78, 5) is 27.4. The van der Waals surface area contributed by atoms with Gasteiger partial charge in [0.05, 0.1) is 5.69 Å². The van der Waals surface area contributed by atoms with E-state index < -0.39 is 11.6 Å². The predicted molar refractivity (Wildman–Crippen MR) is 85.1 cm³/mol. The summed E-state index contributed by atoms with van der Waals surface area (Å²) >= 11 is 0. The van der Waals surface area contributed by atoms with Crippen LogP contribution in [0.3, 0.4) is 0 Å². The van der Waals surface area contributed by atoms with E-state index >= 15 is 0 Å². The second-order valence-electron chi connectivity index (χ2n) is 6.02. The molecule has 2 N–H and O–H groups in total. The number of ether oxygens (including phenoxy) is 1. The van der Waals surface area contributed by atoms with Gasteiger partial charge < -0.3 is 15.0 Å². The van der Waals surface area contributed by atoms with Crippen LogP contribution in [0.2, 0.25) is 0 Å². The molecule has 1 heterocycles. The number of nitrogens with one attached hydrogen (secondary N) is 2. The summed E-state index contributed by atoms with van der Waals surface area (Å²) in [5.41, 5.74) is 1.34. The minimum atomic E-state index is -0.596. The van der Waals surface area contributed by atoms with Crippen molar-refractivity contribution in [2.45, 2.75) is 33.3 Å². The van der Waals surface area contributed by atoms with E-state index in [1.807, 2.05) is 6.07 Å². The average Bonchev–Trinajstić information content (AvgIpc) is 2.79. The average molecular weight is 300 g/mol. The molecule has 0 aliphatic carbocycles. The van der Waals surface area contributed by atoms with Crippen molar-refractivity contribution in [1.82, 2.24) is 4.98 Å². The number of H-pyrrole nitrogens is 1. The molecule has 2 aromatic rings. The van der Waals surface area contributed by atoms with E-state index in [0.29, 0.717) is 22.5 Å². The Kier molecular flexibility index (Phi) is 4.35. The zero-order valence-electron chi connectivity index (χ0n) is 13.2. The lowest BCUT2D eigenvalue weighted by atomic mass is 10.1. The maximum atomic E-state index is 12.3. The van der Waals surface area contributed by atoms with Crippen molar-refractivity contribution < 1.29 is 14.3 Å². The third kappa shape index (κ3) is 3.75. The monoisotopic (exact) mass is 300 g/mol. The lowest BCUT2D eigenvalue weighted by molar-refractivity contribution is 0.00702. The molecule has 1 aromatic carbocycles. The highest BCUT2D eigenvalue weighted by Crippen LogP contribution is 2.23. The molecule has 0 saturated carbocycles. The lowest BCUT2D eigenvalue weighted by Crippen LogP contribution is -2.25. The van der Waals surface area contributed by atoms with Crippen LogP contribution in [0.1, 0.15) is 47.2 Å². The smallest absolute Gasteiger partial charge is 0.342 e. The van der Waals surface area contributed by atoms with Crippen molar-refractivity contribution in [3.05, 3.63) is 53.3 Å². The van der Waals surface area contributed by atoms with Gasteiger partial charge in [-0.3, -0.25) is 4.79 Å². The molecule has 0 fully saturated rings. The van der Waals surface area contributed by atoms with Gasteiger partial charge in [0.15, 0.2) is 0 Å². The normalized spacial score (nSPS) is 11.1. The van der Waals surface area contributed by atoms with Crippen molar-refractivity contribution in [2.24, 2.45) is 0 Å². The Bertz CT molecular complexity index is 682.